The minimum Gasteiger partial charge on any atom is -0.349 e. The molecule has 0 fully saturated rings. The van der Waals surface area contributed by atoms with Gasteiger partial charge in [0.25, 0.3) is 0 Å². The molecule has 1 aromatic carbocycles. The fraction of sp³-hybridized carbons (Fsp3) is 0.417. The summed E-state index contributed by atoms with van der Waals surface area (Å²) in [5.41, 5.74) is 0.399. The number of hydrogen-bond acceptors (Lipinski definition) is 2. The van der Waals surface area contributed by atoms with Crippen LogP contribution in [0.2, 0.25) is 10.0 Å². The number of amides is 1. The molecular weight excluding hydrogens is 314 g/mol. The lowest BCUT2D eigenvalue weighted by molar-refractivity contribution is -0.121. The first-order chi connectivity index (χ1) is 8.47. The van der Waals surface area contributed by atoms with Gasteiger partial charge in [0.05, 0.1) is 11.1 Å². The molecule has 0 aliphatic carbocycles. The topological polar surface area (TPSA) is 41.1 Å². The Hall–Kier alpha value is -0.550. The van der Waals surface area contributed by atoms with Crippen LogP contribution in [-0.4, -0.2) is 19.5 Å². The second-order valence-electron chi connectivity index (χ2n) is 3.90. The maximum atomic E-state index is 13.3. The summed E-state index contributed by atoms with van der Waals surface area (Å²) >= 11 is 11.8. The molecule has 3 nitrogen and oxygen atoms in total. The van der Waals surface area contributed by atoms with Gasteiger partial charge in [-0.05, 0) is 26.1 Å². The molecule has 1 aromatic rings. The van der Waals surface area contributed by atoms with Crippen molar-refractivity contribution in [3.63, 3.8) is 0 Å². The first-order valence-electron chi connectivity index (χ1n) is 5.54. The van der Waals surface area contributed by atoms with Crippen LogP contribution in [-0.2, 0) is 4.79 Å². The minimum atomic E-state index is -0.549. The molecule has 0 heterocycles. The summed E-state index contributed by atoms with van der Waals surface area (Å²) in [6.45, 7) is 2.28. The van der Waals surface area contributed by atoms with Gasteiger partial charge in [0, 0.05) is 23.6 Å². The minimum absolute atomic E-state index is 0. The highest BCUT2D eigenvalue weighted by Gasteiger charge is 2.18. The molecule has 0 saturated heterocycles. The average Bonchev–Trinajstić information content (AvgIpc) is 2.31. The van der Waals surface area contributed by atoms with Gasteiger partial charge in [0.2, 0.25) is 5.91 Å². The van der Waals surface area contributed by atoms with E-state index >= 15 is 0 Å². The first kappa shape index (κ1) is 18.4. The number of nitrogens with one attached hydrogen (secondary N) is 2. The van der Waals surface area contributed by atoms with Gasteiger partial charge in [-0.25, -0.2) is 4.39 Å². The van der Waals surface area contributed by atoms with E-state index < -0.39 is 11.9 Å². The lowest BCUT2D eigenvalue weighted by Gasteiger charge is -2.17. The smallest absolute Gasteiger partial charge is 0.221 e. The molecule has 1 atom stereocenters. The van der Waals surface area contributed by atoms with E-state index in [1.54, 1.807) is 14.0 Å². The predicted octanol–water partition coefficient (Wildman–Crippen LogP) is 3.34. The molecule has 0 radical (unpaired) electrons. The number of carbonyl (C=O) groups excluding carboxylic acids is 1. The van der Waals surface area contributed by atoms with Crippen molar-refractivity contribution in [1.29, 1.82) is 0 Å². The Labute approximate surface area is 128 Å². The maximum Gasteiger partial charge on any atom is 0.221 e. The summed E-state index contributed by atoms with van der Waals surface area (Å²) in [7, 11) is 1.76. The SMILES string of the molecule is CNCCC(=O)NC(C)c1c(Cl)ccc(F)c1Cl.Cl. The third-order valence-electron chi connectivity index (χ3n) is 2.49. The molecule has 1 amide bonds. The van der Waals surface area contributed by atoms with E-state index in [4.69, 9.17) is 23.2 Å². The molecule has 0 aliphatic heterocycles. The van der Waals surface area contributed by atoms with Crippen LogP contribution in [0.3, 0.4) is 0 Å². The van der Waals surface area contributed by atoms with E-state index in [9.17, 15) is 9.18 Å². The molecule has 2 N–H and O–H groups in total. The second kappa shape index (κ2) is 8.59. The Morgan fingerprint density at radius 1 is 1.42 bits per heavy atom. The quantitative estimate of drug-likeness (QED) is 0.814. The normalized spacial score (nSPS) is 11.6. The fourth-order valence-corrected chi connectivity index (χ4v) is 2.26. The lowest BCUT2D eigenvalue weighted by Crippen LogP contribution is -2.29. The molecule has 0 spiro atoms. The van der Waals surface area contributed by atoms with Crippen LogP contribution in [0, 0.1) is 5.82 Å². The molecule has 1 rings (SSSR count). The van der Waals surface area contributed by atoms with Gasteiger partial charge in [0.1, 0.15) is 5.82 Å². The average molecular weight is 330 g/mol. The zero-order valence-electron chi connectivity index (χ0n) is 10.6. The van der Waals surface area contributed by atoms with Crippen molar-refractivity contribution in [2.45, 2.75) is 19.4 Å². The third kappa shape index (κ3) is 5.15. The van der Waals surface area contributed by atoms with Gasteiger partial charge in [-0.2, -0.15) is 0 Å². The Morgan fingerprint density at radius 3 is 2.63 bits per heavy atom. The van der Waals surface area contributed by atoms with E-state index in [1.165, 1.54) is 12.1 Å². The van der Waals surface area contributed by atoms with Gasteiger partial charge in [-0.3, -0.25) is 4.79 Å². The summed E-state index contributed by atoms with van der Waals surface area (Å²) < 4.78 is 13.3. The van der Waals surface area contributed by atoms with Crippen molar-refractivity contribution in [2.75, 3.05) is 13.6 Å². The van der Waals surface area contributed by atoms with Crippen molar-refractivity contribution in [3.8, 4) is 0 Å². The van der Waals surface area contributed by atoms with Crippen LogP contribution in [0.1, 0.15) is 24.9 Å². The van der Waals surface area contributed by atoms with E-state index in [2.05, 4.69) is 10.6 Å². The zero-order valence-corrected chi connectivity index (χ0v) is 12.9. The van der Waals surface area contributed by atoms with Crippen LogP contribution in [0.4, 0.5) is 4.39 Å². The number of benzene rings is 1. The van der Waals surface area contributed by atoms with Crippen LogP contribution >= 0.6 is 35.6 Å². The van der Waals surface area contributed by atoms with E-state index in [-0.39, 0.29) is 23.3 Å². The highest BCUT2D eigenvalue weighted by atomic mass is 35.5. The van der Waals surface area contributed by atoms with Gasteiger partial charge < -0.3 is 10.6 Å². The monoisotopic (exact) mass is 328 g/mol. The molecular formula is C12H16Cl3FN2O. The highest BCUT2D eigenvalue weighted by molar-refractivity contribution is 6.36. The van der Waals surface area contributed by atoms with Crippen LogP contribution in [0.15, 0.2) is 12.1 Å². The van der Waals surface area contributed by atoms with Gasteiger partial charge in [-0.15, -0.1) is 12.4 Å². The summed E-state index contributed by atoms with van der Waals surface area (Å²) in [4.78, 5) is 11.6. The molecule has 0 bridgehead atoms. The van der Waals surface area contributed by atoms with E-state index in [0.29, 0.717) is 23.6 Å². The van der Waals surface area contributed by atoms with Gasteiger partial charge >= 0.3 is 0 Å². The maximum absolute atomic E-state index is 13.3. The number of carbonyl (C=O) groups is 1. The van der Waals surface area contributed by atoms with E-state index in [0.717, 1.165) is 0 Å². The fourth-order valence-electron chi connectivity index (χ4n) is 1.56. The van der Waals surface area contributed by atoms with Crippen molar-refractivity contribution in [3.05, 3.63) is 33.6 Å². The molecule has 1 unspecified atom stereocenters. The van der Waals surface area contributed by atoms with Crippen molar-refractivity contribution < 1.29 is 9.18 Å². The molecule has 19 heavy (non-hydrogen) atoms. The van der Waals surface area contributed by atoms with Gasteiger partial charge in [-0.1, -0.05) is 23.2 Å². The summed E-state index contributed by atoms with van der Waals surface area (Å²) in [6, 6.07) is 2.18. The van der Waals surface area contributed by atoms with Crippen LogP contribution < -0.4 is 10.6 Å². The highest BCUT2D eigenvalue weighted by Crippen LogP contribution is 2.32. The Kier molecular flexibility index (Phi) is 8.34. The first-order valence-corrected chi connectivity index (χ1v) is 6.30. The molecule has 0 saturated carbocycles. The lowest BCUT2D eigenvalue weighted by atomic mass is 10.1. The summed E-state index contributed by atoms with van der Waals surface area (Å²) in [5, 5.41) is 5.88. The number of rotatable bonds is 5. The Bertz CT molecular complexity index is 443. The molecule has 0 aromatic heterocycles. The summed E-state index contributed by atoms with van der Waals surface area (Å²) in [5.74, 6) is -0.694. The number of halogens is 4. The molecule has 7 heteroatoms. The van der Waals surface area contributed by atoms with Crippen LogP contribution in [0.5, 0.6) is 0 Å². The summed E-state index contributed by atoms with van der Waals surface area (Å²) in [6.07, 6.45) is 0.339. The number of hydrogen-bond donors (Lipinski definition) is 2. The Morgan fingerprint density at radius 2 is 2.05 bits per heavy atom. The van der Waals surface area contributed by atoms with Crippen molar-refractivity contribution in [2.24, 2.45) is 0 Å². The predicted molar refractivity (Wildman–Crippen MR) is 78.8 cm³/mol. The molecule has 108 valence electrons. The third-order valence-corrected chi connectivity index (χ3v) is 3.21. The van der Waals surface area contributed by atoms with Gasteiger partial charge in [0.15, 0.2) is 0 Å². The van der Waals surface area contributed by atoms with E-state index in [1.807, 2.05) is 0 Å². The Balaban J connectivity index is 0.00000324. The van der Waals surface area contributed by atoms with Crippen molar-refractivity contribution in [1.82, 2.24) is 10.6 Å². The van der Waals surface area contributed by atoms with Crippen LogP contribution in [0.25, 0.3) is 0 Å². The van der Waals surface area contributed by atoms with Crippen molar-refractivity contribution >= 4 is 41.5 Å². The molecule has 0 aliphatic rings. The zero-order chi connectivity index (χ0) is 13.7. The largest absolute Gasteiger partial charge is 0.349 e. The second-order valence-corrected chi connectivity index (χ2v) is 4.68. The standard InChI is InChI=1S/C12H15Cl2FN2O.ClH/c1-7(17-10(18)5-6-16-2)11-8(13)3-4-9(15)12(11)14;/h3-4,7,16H,5-6H2,1-2H3,(H,17,18);1H.